The van der Waals surface area contributed by atoms with E-state index in [1.165, 1.54) is 6.26 Å². The summed E-state index contributed by atoms with van der Waals surface area (Å²) in [6, 6.07) is 15.1. The van der Waals surface area contributed by atoms with Crippen molar-refractivity contribution >= 4 is 22.6 Å². The van der Waals surface area contributed by atoms with Gasteiger partial charge in [0.2, 0.25) is 0 Å². The van der Waals surface area contributed by atoms with Crippen LogP contribution in [0.5, 0.6) is 5.75 Å². The molecule has 0 unspecified atom stereocenters. The maximum Gasteiger partial charge on any atom is 0.284 e. The SMILES string of the molecule is Cc1ccc2c(N3CC[C@@H](Cc4ccoc4C(N)=O)C3)nc(-c3ccccc3O)nc2c1. The molecule has 7 heteroatoms. The molecule has 0 radical (unpaired) electrons. The fourth-order valence-electron chi connectivity index (χ4n) is 4.46. The smallest absolute Gasteiger partial charge is 0.284 e. The number of hydrogen-bond donors (Lipinski definition) is 2. The number of amides is 1. The number of phenolic OH excluding ortho intramolecular Hbond substituents is 1. The Labute approximate surface area is 185 Å². The minimum atomic E-state index is -0.538. The van der Waals surface area contributed by atoms with Crippen LogP contribution in [0.15, 0.2) is 59.2 Å². The molecule has 162 valence electrons. The van der Waals surface area contributed by atoms with Gasteiger partial charge in [-0.15, -0.1) is 0 Å². The highest BCUT2D eigenvalue weighted by molar-refractivity contribution is 5.92. The molecule has 0 bridgehead atoms. The Hall–Kier alpha value is -3.87. The van der Waals surface area contributed by atoms with Crippen LogP contribution < -0.4 is 10.6 Å². The van der Waals surface area contributed by atoms with Crippen LogP contribution in [-0.2, 0) is 6.42 Å². The second kappa shape index (κ2) is 8.00. The molecule has 32 heavy (non-hydrogen) atoms. The molecule has 0 aliphatic carbocycles. The van der Waals surface area contributed by atoms with Gasteiger partial charge in [-0.2, -0.15) is 0 Å². The lowest BCUT2D eigenvalue weighted by molar-refractivity contribution is 0.0972. The summed E-state index contributed by atoms with van der Waals surface area (Å²) < 4.78 is 5.26. The molecule has 1 amide bonds. The zero-order chi connectivity index (χ0) is 22.2. The van der Waals surface area contributed by atoms with E-state index in [4.69, 9.17) is 20.1 Å². The van der Waals surface area contributed by atoms with Crippen molar-refractivity contribution < 1.29 is 14.3 Å². The Kier molecular flexibility index (Phi) is 5.01. The number of aryl methyl sites for hydroxylation is 1. The fourth-order valence-corrected chi connectivity index (χ4v) is 4.46. The summed E-state index contributed by atoms with van der Waals surface area (Å²) in [5.41, 5.74) is 8.85. The van der Waals surface area contributed by atoms with E-state index in [0.717, 1.165) is 53.8 Å². The van der Waals surface area contributed by atoms with Crippen LogP contribution in [0.3, 0.4) is 0 Å². The molecule has 1 saturated heterocycles. The second-order valence-corrected chi connectivity index (χ2v) is 8.35. The van der Waals surface area contributed by atoms with Crippen molar-refractivity contribution in [1.29, 1.82) is 0 Å². The summed E-state index contributed by atoms with van der Waals surface area (Å²) in [6.07, 6.45) is 3.20. The molecule has 2 aromatic heterocycles. The standard InChI is InChI=1S/C25H24N4O3/c1-15-6-7-18-20(12-15)27-24(19-4-2-3-5-21(19)30)28-25(18)29-10-8-16(14-29)13-17-9-11-32-22(17)23(26)31/h2-7,9,11-12,16,30H,8,10,13-14H2,1H3,(H2,26,31)/t16-/m0/s1. The van der Waals surface area contributed by atoms with E-state index >= 15 is 0 Å². The number of nitrogens with zero attached hydrogens (tertiary/aromatic N) is 3. The van der Waals surface area contributed by atoms with Gasteiger partial charge in [-0.1, -0.05) is 18.2 Å². The topological polar surface area (TPSA) is 105 Å². The maximum atomic E-state index is 11.6. The largest absolute Gasteiger partial charge is 0.507 e. The number of hydrogen-bond acceptors (Lipinski definition) is 6. The van der Waals surface area contributed by atoms with Gasteiger partial charge in [-0.3, -0.25) is 4.79 Å². The summed E-state index contributed by atoms with van der Waals surface area (Å²) in [5.74, 6) is 1.57. The number of aromatic hydroxyl groups is 1. The Morgan fingerprint density at radius 3 is 2.88 bits per heavy atom. The summed E-state index contributed by atoms with van der Waals surface area (Å²) in [6.45, 7) is 3.67. The normalized spacial score (nSPS) is 16.0. The van der Waals surface area contributed by atoms with Gasteiger partial charge >= 0.3 is 0 Å². The molecule has 1 fully saturated rings. The van der Waals surface area contributed by atoms with Gasteiger partial charge in [0.1, 0.15) is 11.6 Å². The number of benzene rings is 2. The summed E-state index contributed by atoms with van der Waals surface area (Å²) >= 11 is 0. The number of phenols is 1. The highest BCUT2D eigenvalue weighted by Crippen LogP contribution is 2.34. The fraction of sp³-hybridized carbons (Fsp3) is 0.240. The minimum absolute atomic E-state index is 0.156. The summed E-state index contributed by atoms with van der Waals surface area (Å²) in [4.78, 5) is 23.5. The van der Waals surface area contributed by atoms with Crippen molar-refractivity contribution in [2.45, 2.75) is 19.8 Å². The third-order valence-electron chi connectivity index (χ3n) is 6.04. The van der Waals surface area contributed by atoms with Gasteiger partial charge in [0.25, 0.3) is 5.91 Å². The molecular weight excluding hydrogens is 404 g/mol. The highest BCUT2D eigenvalue weighted by atomic mass is 16.3. The van der Waals surface area contributed by atoms with E-state index in [0.29, 0.717) is 17.3 Å². The molecule has 7 nitrogen and oxygen atoms in total. The first-order valence-electron chi connectivity index (χ1n) is 10.7. The molecule has 1 atom stereocenters. The molecule has 3 heterocycles. The highest BCUT2D eigenvalue weighted by Gasteiger charge is 2.28. The van der Waals surface area contributed by atoms with Gasteiger partial charge in [0.05, 0.1) is 17.3 Å². The van der Waals surface area contributed by atoms with Gasteiger partial charge < -0.3 is 20.2 Å². The van der Waals surface area contributed by atoms with Crippen LogP contribution in [0, 0.1) is 12.8 Å². The predicted molar refractivity (Wildman–Crippen MR) is 123 cm³/mol. The zero-order valence-corrected chi connectivity index (χ0v) is 17.8. The maximum absolute atomic E-state index is 11.6. The predicted octanol–water partition coefficient (Wildman–Crippen LogP) is 4.07. The minimum Gasteiger partial charge on any atom is -0.507 e. The number of nitrogens with two attached hydrogens (primary N) is 1. The van der Waals surface area contributed by atoms with Crippen molar-refractivity contribution in [3.05, 3.63) is 71.7 Å². The zero-order valence-electron chi connectivity index (χ0n) is 17.8. The van der Waals surface area contributed by atoms with Crippen LogP contribution >= 0.6 is 0 Å². The van der Waals surface area contributed by atoms with E-state index in [-0.39, 0.29) is 11.5 Å². The van der Waals surface area contributed by atoms with Gasteiger partial charge in [-0.05, 0) is 61.6 Å². The number of para-hydroxylation sites is 1. The number of primary amides is 1. The van der Waals surface area contributed by atoms with Crippen molar-refractivity contribution in [3.63, 3.8) is 0 Å². The van der Waals surface area contributed by atoms with Crippen molar-refractivity contribution in [2.75, 3.05) is 18.0 Å². The Balaban J connectivity index is 1.50. The average Bonchev–Trinajstić information content (AvgIpc) is 3.43. The van der Waals surface area contributed by atoms with Gasteiger partial charge in [0, 0.05) is 24.0 Å². The lowest BCUT2D eigenvalue weighted by atomic mass is 9.99. The first kappa shape index (κ1) is 20.1. The molecule has 0 spiro atoms. The quantitative estimate of drug-likeness (QED) is 0.496. The molecule has 0 saturated carbocycles. The number of carbonyl (C=O) groups is 1. The van der Waals surface area contributed by atoms with Crippen LogP contribution in [0.1, 0.15) is 28.1 Å². The van der Waals surface area contributed by atoms with Crippen LogP contribution in [-0.4, -0.2) is 34.1 Å². The summed E-state index contributed by atoms with van der Waals surface area (Å²) in [5, 5.41) is 11.3. The number of fused-ring (bicyclic) bond motifs is 1. The summed E-state index contributed by atoms with van der Waals surface area (Å²) in [7, 11) is 0. The van der Waals surface area contributed by atoms with Crippen molar-refractivity contribution in [1.82, 2.24) is 9.97 Å². The van der Waals surface area contributed by atoms with E-state index in [1.807, 2.05) is 31.2 Å². The van der Waals surface area contributed by atoms with Crippen LogP contribution in [0.2, 0.25) is 0 Å². The lowest BCUT2D eigenvalue weighted by Gasteiger charge is -2.21. The molecule has 1 aliphatic heterocycles. The monoisotopic (exact) mass is 428 g/mol. The third kappa shape index (κ3) is 3.66. The first-order valence-corrected chi connectivity index (χ1v) is 10.7. The number of furan rings is 1. The Morgan fingerprint density at radius 1 is 1.22 bits per heavy atom. The van der Waals surface area contributed by atoms with Crippen LogP contribution in [0.25, 0.3) is 22.3 Å². The molecule has 1 aliphatic rings. The number of carbonyl (C=O) groups excluding carboxylic acids is 1. The molecular formula is C25H24N4O3. The first-order chi connectivity index (χ1) is 15.5. The van der Waals surface area contributed by atoms with E-state index < -0.39 is 5.91 Å². The van der Waals surface area contributed by atoms with Gasteiger partial charge in [-0.25, -0.2) is 9.97 Å². The van der Waals surface area contributed by atoms with Gasteiger partial charge in [0.15, 0.2) is 11.6 Å². The van der Waals surface area contributed by atoms with E-state index in [1.54, 1.807) is 12.1 Å². The Bertz CT molecular complexity index is 1310. The molecule has 4 aromatic rings. The average molecular weight is 428 g/mol. The van der Waals surface area contributed by atoms with Crippen molar-refractivity contribution in [3.8, 4) is 17.1 Å². The molecule has 3 N–H and O–H groups in total. The van der Waals surface area contributed by atoms with Crippen LogP contribution in [0.4, 0.5) is 5.82 Å². The Morgan fingerprint density at radius 2 is 2.06 bits per heavy atom. The second-order valence-electron chi connectivity index (χ2n) is 8.35. The molecule has 2 aromatic carbocycles. The van der Waals surface area contributed by atoms with E-state index in [2.05, 4.69) is 17.0 Å². The van der Waals surface area contributed by atoms with E-state index in [9.17, 15) is 9.90 Å². The van der Waals surface area contributed by atoms with Crippen molar-refractivity contribution in [2.24, 2.45) is 11.7 Å². The number of rotatable bonds is 5. The molecule has 5 rings (SSSR count). The third-order valence-corrected chi connectivity index (χ3v) is 6.04. The number of aromatic nitrogens is 2. The lowest BCUT2D eigenvalue weighted by Crippen LogP contribution is -2.22. The number of anilines is 1.